The molecule has 0 aliphatic heterocycles. The summed E-state index contributed by atoms with van der Waals surface area (Å²) < 4.78 is 4.51. The van der Waals surface area contributed by atoms with Gasteiger partial charge in [-0.1, -0.05) is 13.3 Å². The van der Waals surface area contributed by atoms with Crippen molar-refractivity contribution in [3.63, 3.8) is 0 Å². The molecule has 3 heteroatoms. The fourth-order valence-electron chi connectivity index (χ4n) is 0.735. The lowest BCUT2D eigenvalue weighted by Crippen LogP contribution is -2.65. The van der Waals surface area contributed by atoms with E-state index in [4.69, 9.17) is 0 Å². The Morgan fingerprint density at radius 2 is 2.30 bits per heavy atom. The van der Waals surface area contributed by atoms with Crippen molar-refractivity contribution in [2.45, 2.75) is 32.2 Å². The van der Waals surface area contributed by atoms with Crippen molar-refractivity contribution in [2.75, 3.05) is 7.11 Å². The summed E-state index contributed by atoms with van der Waals surface area (Å²) in [5.74, 6) is -0.201. The van der Waals surface area contributed by atoms with Gasteiger partial charge in [0.2, 0.25) is 0 Å². The van der Waals surface area contributed by atoms with Crippen molar-refractivity contribution >= 4 is 5.97 Å². The zero-order valence-electron chi connectivity index (χ0n) is 6.72. The minimum Gasteiger partial charge on any atom is -0.465 e. The van der Waals surface area contributed by atoms with E-state index < -0.39 is 0 Å². The van der Waals surface area contributed by atoms with Crippen LogP contribution in [0.2, 0.25) is 0 Å². The monoisotopic (exact) mass is 146 g/mol. The van der Waals surface area contributed by atoms with Gasteiger partial charge in [0.05, 0.1) is 7.11 Å². The molecule has 0 aromatic heterocycles. The van der Waals surface area contributed by atoms with Crippen molar-refractivity contribution in [3.05, 3.63) is 0 Å². The van der Waals surface area contributed by atoms with Crippen molar-refractivity contribution in [2.24, 2.45) is 0 Å². The molecule has 0 heterocycles. The zero-order valence-corrected chi connectivity index (χ0v) is 6.72. The predicted octanol–water partition coefficient (Wildman–Crippen LogP) is -0.0399. The number of esters is 1. The summed E-state index contributed by atoms with van der Waals surface area (Å²) in [5, 5.41) is 0. The topological polar surface area (TPSA) is 53.9 Å². The Bertz CT molecular complexity index is 104. The quantitative estimate of drug-likeness (QED) is 0.566. The van der Waals surface area contributed by atoms with Gasteiger partial charge in [0.1, 0.15) is 0 Å². The van der Waals surface area contributed by atoms with E-state index in [1.807, 2.05) is 0 Å². The highest BCUT2D eigenvalue weighted by atomic mass is 16.5. The van der Waals surface area contributed by atoms with Gasteiger partial charge in [-0.25, -0.2) is 4.79 Å². The average Bonchev–Trinajstić information content (AvgIpc) is 1.98. The maximum Gasteiger partial charge on any atom is 0.364 e. The van der Waals surface area contributed by atoms with E-state index in [9.17, 15) is 4.79 Å². The highest BCUT2D eigenvalue weighted by molar-refractivity contribution is 5.73. The number of methoxy groups -OCH3 is 1. The minimum absolute atomic E-state index is 0.176. The first-order chi connectivity index (χ1) is 4.72. The summed E-state index contributed by atoms with van der Waals surface area (Å²) in [6.45, 7) is 2.09. The lowest BCUT2D eigenvalue weighted by Gasteiger charge is -2.03. The Balaban J connectivity index is 3.41. The van der Waals surface area contributed by atoms with E-state index in [0.29, 0.717) is 0 Å². The SMILES string of the molecule is CCCC[C@H]([NH3+])C(=O)OC. The van der Waals surface area contributed by atoms with Crippen LogP contribution in [0.1, 0.15) is 26.2 Å². The Hall–Kier alpha value is -0.570. The fraction of sp³-hybridized carbons (Fsp3) is 0.857. The summed E-state index contributed by atoms with van der Waals surface area (Å²) >= 11 is 0. The van der Waals surface area contributed by atoms with Crippen molar-refractivity contribution in [3.8, 4) is 0 Å². The molecule has 3 nitrogen and oxygen atoms in total. The molecule has 0 bridgehead atoms. The summed E-state index contributed by atoms with van der Waals surface area (Å²) in [7, 11) is 1.40. The Labute approximate surface area is 61.5 Å². The number of ether oxygens (including phenoxy) is 1. The van der Waals surface area contributed by atoms with E-state index >= 15 is 0 Å². The molecular weight excluding hydrogens is 130 g/mol. The van der Waals surface area contributed by atoms with E-state index in [1.54, 1.807) is 0 Å². The van der Waals surface area contributed by atoms with Crippen LogP contribution in [0.3, 0.4) is 0 Å². The average molecular weight is 146 g/mol. The van der Waals surface area contributed by atoms with Crippen LogP contribution in [-0.4, -0.2) is 19.1 Å². The second-order valence-corrected chi connectivity index (χ2v) is 2.36. The first-order valence-corrected chi connectivity index (χ1v) is 3.63. The number of quaternary nitrogens is 1. The number of hydrogen-bond acceptors (Lipinski definition) is 2. The second kappa shape index (κ2) is 5.23. The highest BCUT2D eigenvalue weighted by Gasteiger charge is 2.15. The minimum atomic E-state index is -0.201. The van der Waals surface area contributed by atoms with Gasteiger partial charge in [0.25, 0.3) is 0 Å². The summed E-state index contributed by atoms with van der Waals surface area (Å²) in [6.07, 6.45) is 2.98. The van der Waals surface area contributed by atoms with Gasteiger partial charge in [-0.3, -0.25) is 0 Å². The number of unbranched alkanes of at least 4 members (excludes halogenated alkanes) is 1. The standard InChI is InChI=1S/C7H15NO2/c1-3-4-5-6(8)7(9)10-2/h6H,3-5,8H2,1-2H3/p+1/t6-/m0/s1. The van der Waals surface area contributed by atoms with Crippen LogP contribution in [0.15, 0.2) is 0 Å². The van der Waals surface area contributed by atoms with E-state index in [2.05, 4.69) is 17.4 Å². The van der Waals surface area contributed by atoms with Crippen molar-refractivity contribution < 1.29 is 15.3 Å². The Kier molecular flexibility index (Phi) is 4.94. The second-order valence-electron chi connectivity index (χ2n) is 2.36. The van der Waals surface area contributed by atoms with Crippen molar-refractivity contribution in [1.29, 1.82) is 0 Å². The zero-order chi connectivity index (χ0) is 7.98. The molecule has 0 saturated carbocycles. The Morgan fingerprint density at radius 3 is 2.70 bits per heavy atom. The number of carbonyl (C=O) groups is 1. The van der Waals surface area contributed by atoms with Crippen LogP contribution >= 0.6 is 0 Å². The molecule has 0 aromatic carbocycles. The van der Waals surface area contributed by atoms with Crippen molar-refractivity contribution in [1.82, 2.24) is 0 Å². The molecule has 60 valence electrons. The molecule has 0 aliphatic carbocycles. The van der Waals surface area contributed by atoms with Crippen LogP contribution in [0.4, 0.5) is 0 Å². The highest BCUT2D eigenvalue weighted by Crippen LogP contribution is 1.97. The third kappa shape index (κ3) is 3.45. The van der Waals surface area contributed by atoms with Gasteiger partial charge in [-0.15, -0.1) is 0 Å². The molecule has 0 saturated heterocycles. The van der Waals surface area contributed by atoms with Crippen LogP contribution < -0.4 is 5.73 Å². The molecule has 0 fully saturated rings. The lowest BCUT2D eigenvalue weighted by molar-refractivity contribution is -0.409. The maximum absolute atomic E-state index is 10.7. The molecule has 0 rings (SSSR count). The van der Waals surface area contributed by atoms with Crippen LogP contribution in [0, 0.1) is 0 Å². The van der Waals surface area contributed by atoms with Crippen LogP contribution in [0.5, 0.6) is 0 Å². The molecular formula is C7H16NO2+. The van der Waals surface area contributed by atoms with Gasteiger partial charge in [-0.05, 0) is 6.42 Å². The van der Waals surface area contributed by atoms with Crippen LogP contribution in [-0.2, 0) is 9.53 Å². The maximum atomic E-state index is 10.7. The number of rotatable bonds is 4. The third-order valence-corrected chi connectivity index (χ3v) is 1.44. The molecule has 0 radical (unpaired) electrons. The van der Waals surface area contributed by atoms with Gasteiger partial charge in [-0.2, -0.15) is 0 Å². The third-order valence-electron chi connectivity index (χ3n) is 1.44. The van der Waals surface area contributed by atoms with Gasteiger partial charge in [0.15, 0.2) is 6.04 Å². The predicted molar refractivity (Wildman–Crippen MR) is 38.2 cm³/mol. The molecule has 1 atom stereocenters. The summed E-state index contributed by atoms with van der Waals surface area (Å²) in [6, 6.07) is -0.176. The first kappa shape index (κ1) is 9.43. The summed E-state index contributed by atoms with van der Waals surface area (Å²) in [4.78, 5) is 10.7. The fourth-order valence-corrected chi connectivity index (χ4v) is 0.735. The first-order valence-electron chi connectivity index (χ1n) is 3.63. The molecule has 0 amide bonds. The largest absolute Gasteiger partial charge is 0.465 e. The van der Waals surface area contributed by atoms with E-state index in [0.717, 1.165) is 19.3 Å². The van der Waals surface area contributed by atoms with E-state index in [-0.39, 0.29) is 12.0 Å². The van der Waals surface area contributed by atoms with Gasteiger partial charge >= 0.3 is 5.97 Å². The Morgan fingerprint density at radius 1 is 1.70 bits per heavy atom. The van der Waals surface area contributed by atoms with Crippen LogP contribution in [0.25, 0.3) is 0 Å². The molecule has 3 N–H and O–H groups in total. The van der Waals surface area contributed by atoms with Gasteiger partial charge in [0, 0.05) is 6.42 Å². The smallest absolute Gasteiger partial charge is 0.364 e. The number of carbonyl (C=O) groups excluding carboxylic acids is 1. The normalized spacial score (nSPS) is 12.7. The lowest BCUT2D eigenvalue weighted by atomic mass is 10.1. The van der Waals surface area contributed by atoms with E-state index in [1.165, 1.54) is 7.11 Å². The molecule has 0 aromatic rings. The molecule has 10 heavy (non-hydrogen) atoms. The molecule has 0 aliphatic rings. The number of hydrogen-bond donors (Lipinski definition) is 1. The molecule has 0 spiro atoms. The summed E-state index contributed by atoms with van der Waals surface area (Å²) in [5.41, 5.74) is 3.67. The molecule has 0 unspecified atom stereocenters. The van der Waals surface area contributed by atoms with Gasteiger partial charge < -0.3 is 10.5 Å².